The topological polar surface area (TPSA) is 42.0 Å². The molecule has 1 heterocycles. The van der Waals surface area contributed by atoms with E-state index in [1.807, 2.05) is 12.3 Å². The molecule has 1 amide bonds. The third kappa shape index (κ3) is 4.45. The molecule has 0 aliphatic heterocycles. The summed E-state index contributed by atoms with van der Waals surface area (Å²) in [6.07, 6.45) is 2.29. The van der Waals surface area contributed by atoms with Crippen molar-refractivity contribution < 1.29 is 4.79 Å². The number of rotatable bonds is 6. The van der Waals surface area contributed by atoms with Crippen LogP contribution < -0.4 is 5.32 Å². The fourth-order valence-corrected chi connectivity index (χ4v) is 3.78. The molecule has 6 heteroatoms. The molecule has 0 saturated heterocycles. The Balaban J connectivity index is 2.07. The van der Waals surface area contributed by atoms with Gasteiger partial charge >= 0.3 is 0 Å². The quantitative estimate of drug-likeness (QED) is 0.794. The van der Waals surface area contributed by atoms with Crippen molar-refractivity contribution in [1.29, 1.82) is 0 Å². The Morgan fingerprint density at radius 2 is 2.05 bits per heavy atom. The van der Waals surface area contributed by atoms with Gasteiger partial charge in [-0.2, -0.15) is 0 Å². The Hall–Kier alpha value is -1.10. The first-order valence-electron chi connectivity index (χ1n) is 7.19. The first-order valence-corrected chi connectivity index (χ1v) is 8.83. The molecule has 2 rings (SSSR count). The van der Waals surface area contributed by atoms with Crippen LogP contribution in [0.2, 0.25) is 10.0 Å². The summed E-state index contributed by atoms with van der Waals surface area (Å²) in [6.45, 7) is 4.11. The van der Waals surface area contributed by atoms with E-state index in [9.17, 15) is 4.79 Å². The van der Waals surface area contributed by atoms with Crippen LogP contribution in [0.15, 0.2) is 23.6 Å². The predicted molar refractivity (Wildman–Crippen MR) is 93.8 cm³/mol. The van der Waals surface area contributed by atoms with E-state index >= 15 is 0 Å². The number of carbonyl (C=O) groups is 1. The van der Waals surface area contributed by atoms with Crippen molar-refractivity contribution >= 4 is 40.4 Å². The summed E-state index contributed by atoms with van der Waals surface area (Å²) in [7, 11) is 0. The van der Waals surface area contributed by atoms with Crippen LogP contribution in [0.3, 0.4) is 0 Å². The number of carbonyl (C=O) groups excluding carboxylic acids is 1. The lowest BCUT2D eigenvalue weighted by atomic mass is 10.2. The second-order valence-corrected chi connectivity index (χ2v) is 6.85. The molecule has 22 heavy (non-hydrogen) atoms. The normalized spacial score (nSPS) is 12.2. The third-order valence-electron chi connectivity index (χ3n) is 3.20. The van der Waals surface area contributed by atoms with Gasteiger partial charge in [-0.15, -0.1) is 11.3 Å². The Morgan fingerprint density at radius 3 is 2.68 bits per heavy atom. The van der Waals surface area contributed by atoms with Crippen molar-refractivity contribution in [2.24, 2.45) is 0 Å². The lowest BCUT2D eigenvalue weighted by Crippen LogP contribution is -2.33. The maximum atomic E-state index is 12.0. The highest BCUT2D eigenvalue weighted by molar-refractivity contribution is 7.13. The second-order valence-electron chi connectivity index (χ2n) is 5.17. The van der Waals surface area contributed by atoms with E-state index in [2.05, 4.69) is 17.2 Å². The smallest absolute Gasteiger partial charge is 0.226 e. The zero-order valence-corrected chi connectivity index (χ0v) is 14.9. The van der Waals surface area contributed by atoms with E-state index in [4.69, 9.17) is 23.2 Å². The molecule has 1 aromatic heterocycles. The molecule has 0 fully saturated rings. The van der Waals surface area contributed by atoms with Gasteiger partial charge in [0.25, 0.3) is 0 Å². The summed E-state index contributed by atoms with van der Waals surface area (Å²) in [4.78, 5) is 16.5. The van der Waals surface area contributed by atoms with Gasteiger partial charge in [0.1, 0.15) is 5.01 Å². The number of amides is 1. The number of benzene rings is 1. The number of thiazole rings is 1. The highest BCUT2D eigenvalue weighted by Gasteiger charge is 2.14. The molecule has 1 atom stereocenters. The average molecular weight is 357 g/mol. The minimum Gasteiger partial charge on any atom is -0.353 e. The standard InChI is InChI=1S/C16H18Cl2N2OS/c1-3-5-10(2)19-14(21)8-11-9-22-16(20-11)15-12(17)6-4-7-13(15)18/h4,6-7,9-10H,3,5,8H2,1-2H3,(H,19,21)/t10-/m1/s1. The molecule has 0 aliphatic rings. The molecule has 0 unspecified atom stereocenters. The van der Waals surface area contributed by atoms with Crippen molar-refractivity contribution in [3.05, 3.63) is 39.3 Å². The maximum Gasteiger partial charge on any atom is 0.226 e. The lowest BCUT2D eigenvalue weighted by Gasteiger charge is -2.11. The molecule has 0 spiro atoms. The van der Waals surface area contributed by atoms with Crippen LogP contribution in [0, 0.1) is 0 Å². The van der Waals surface area contributed by atoms with Crippen LogP contribution in [0.25, 0.3) is 10.6 Å². The van der Waals surface area contributed by atoms with Gasteiger partial charge in [-0.25, -0.2) is 4.98 Å². The predicted octanol–water partition coefficient (Wildman–Crippen LogP) is 4.96. The highest BCUT2D eigenvalue weighted by atomic mass is 35.5. The zero-order valence-electron chi connectivity index (χ0n) is 12.5. The average Bonchev–Trinajstić information content (AvgIpc) is 2.86. The number of nitrogens with zero attached hydrogens (tertiary/aromatic N) is 1. The minimum absolute atomic E-state index is 0.0111. The molecule has 2 aromatic rings. The Labute approximate surface area is 144 Å². The Bertz CT molecular complexity index is 637. The van der Waals surface area contributed by atoms with Crippen molar-refractivity contribution in [2.75, 3.05) is 0 Å². The van der Waals surface area contributed by atoms with E-state index in [0.29, 0.717) is 10.0 Å². The zero-order chi connectivity index (χ0) is 16.1. The van der Waals surface area contributed by atoms with Gasteiger partial charge in [-0.1, -0.05) is 42.6 Å². The Kier molecular flexibility index (Phi) is 6.24. The molecular weight excluding hydrogens is 339 g/mol. The summed E-state index contributed by atoms with van der Waals surface area (Å²) in [5, 5.41) is 6.71. The molecule has 0 saturated carbocycles. The van der Waals surface area contributed by atoms with Crippen molar-refractivity contribution in [1.82, 2.24) is 10.3 Å². The summed E-state index contributed by atoms with van der Waals surface area (Å²) in [5.41, 5.74) is 1.46. The summed E-state index contributed by atoms with van der Waals surface area (Å²) >= 11 is 13.8. The van der Waals surface area contributed by atoms with Crippen molar-refractivity contribution in [3.63, 3.8) is 0 Å². The molecule has 118 valence electrons. The van der Waals surface area contributed by atoms with Gasteiger partial charge in [0.05, 0.1) is 22.2 Å². The summed E-state index contributed by atoms with van der Waals surface area (Å²) in [5.74, 6) is -0.0111. The van der Waals surface area contributed by atoms with Crippen LogP contribution in [-0.2, 0) is 11.2 Å². The number of hydrogen-bond acceptors (Lipinski definition) is 3. The largest absolute Gasteiger partial charge is 0.353 e. The summed E-state index contributed by atoms with van der Waals surface area (Å²) < 4.78 is 0. The molecule has 1 aromatic carbocycles. The van der Waals surface area contributed by atoms with E-state index in [-0.39, 0.29) is 18.4 Å². The fraction of sp³-hybridized carbons (Fsp3) is 0.375. The lowest BCUT2D eigenvalue weighted by molar-refractivity contribution is -0.121. The molecule has 3 nitrogen and oxygen atoms in total. The number of aromatic nitrogens is 1. The monoisotopic (exact) mass is 356 g/mol. The van der Waals surface area contributed by atoms with E-state index in [1.165, 1.54) is 11.3 Å². The van der Waals surface area contributed by atoms with Crippen LogP contribution in [-0.4, -0.2) is 16.9 Å². The van der Waals surface area contributed by atoms with Crippen LogP contribution >= 0.6 is 34.5 Å². The third-order valence-corrected chi connectivity index (χ3v) is 4.74. The van der Waals surface area contributed by atoms with Gasteiger partial charge in [0, 0.05) is 17.0 Å². The SMILES string of the molecule is CCC[C@@H](C)NC(=O)Cc1csc(-c2c(Cl)cccc2Cl)n1. The molecule has 1 N–H and O–H groups in total. The Morgan fingerprint density at radius 1 is 1.36 bits per heavy atom. The summed E-state index contributed by atoms with van der Waals surface area (Å²) in [6, 6.07) is 5.55. The van der Waals surface area contributed by atoms with Crippen LogP contribution in [0.5, 0.6) is 0 Å². The van der Waals surface area contributed by atoms with Gasteiger partial charge < -0.3 is 5.32 Å². The molecule has 0 bridgehead atoms. The fourth-order valence-electron chi connectivity index (χ4n) is 2.20. The number of nitrogens with one attached hydrogen (secondary N) is 1. The van der Waals surface area contributed by atoms with Gasteiger partial charge in [-0.3, -0.25) is 4.79 Å². The first kappa shape index (κ1) is 17.3. The van der Waals surface area contributed by atoms with Gasteiger partial charge in [-0.05, 0) is 25.5 Å². The van der Waals surface area contributed by atoms with E-state index in [1.54, 1.807) is 18.2 Å². The minimum atomic E-state index is -0.0111. The molecular formula is C16H18Cl2N2OS. The van der Waals surface area contributed by atoms with Crippen molar-refractivity contribution in [2.45, 2.75) is 39.2 Å². The molecule has 0 radical (unpaired) electrons. The first-order chi connectivity index (χ1) is 10.5. The van der Waals surface area contributed by atoms with Crippen LogP contribution in [0.1, 0.15) is 32.4 Å². The van der Waals surface area contributed by atoms with Crippen molar-refractivity contribution in [3.8, 4) is 10.6 Å². The number of hydrogen-bond donors (Lipinski definition) is 1. The second kappa shape index (κ2) is 7.95. The molecule has 0 aliphatic carbocycles. The maximum absolute atomic E-state index is 12.0. The van der Waals surface area contributed by atoms with Gasteiger partial charge in [0.15, 0.2) is 0 Å². The van der Waals surface area contributed by atoms with E-state index in [0.717, 1.165) is 29.1 Å². The highest BCUT2D eigenvalue weighted by Crippen LogP contribution is 2.36. The van der Waals surface area contributed by atoms with Gasteiger partial charge in [0.2, 0.25) is 5.91 Å². The number of halogens is 2. The van der Waals surface area contributed by atoms with Crippen LogP contribution in [0.4, 0.5) is 0 Å². The van der Waals surface area contributed by atoms with E-state index < -0.39 is 0 Å².